The second-order valence-electron chi connectivity index (χ2n) is 9.40. The maximum absolute atomic E-state index is 14.9. The molecule has 4 aliphatic rings. The predicted octanol–water partition coefficient (Wildman–Crippen LogP) is 4.25. The Morgan fingerprint density at radius 2 is 0.515 bits per heavy atom. The number of aliphatic hydroxyl groups is 1. The van der Waals surface area contributed by atoms with E-state index in [2.05, 4.69) is 0 Å². The van der Waals surface area contributed by atoms with Gasteiger partial charge in [0, 0.05) is 23.7 Å². The van der Waals surface area contributed by atoms with E-state index in [0.29, 0.717) is 0 Å². The third-order valence-electron chi connectivity index (χ3n) is 8.03. The molecule has 0 radical (unpaired) electrons. The highest BCUT2D eigenvalue weighted by Crippen LogP contribution is 2.66. The molecule has 33 heavy (non-hydrogen) atoms. The molecule has 1 nitrogen and oxygen atoms in total. The Kier molecular flexibility index (Phi) is 6.13. The van der Waals surface area contributed by atoms with Crippen LogP contribution in [0.25, 0.3) is 0 Å². The van der Waals surface area contributed by atoms with Crippen LogP contribution in [0.3, 0.4) is 0 Å². The van der Waals surface area contributed by atoms with E-state index < -0.39 is 115 Å². The summed E-state index contributed by atoms with van der Waals surface area (Å²) < 4.78 is 187. The van der Waals surface area contributed by atoms with E-state index in [9.17, 15) is 62.2 Å². The minimum Gasteiger partial charge on any atom is -0.389 e. The molecule has 4 rings (SSSR count). The molecule has 4 aliphatic carbocycles. The molecule has 0 heterocycles. The molecule has 16 atom stereocenters. The van der Waals surface area contributed by atoms with Crippen LogP contribution >= 0.6 is 0 Å². The second kappa shape index (κ2) is 8.04. The van der Waals surface area contributed by atoms with Crippen LogP contribution in [-0.4, -0.2) is 90.9 Å². The third kappa shape index (κ3) is 3.03. The Hall–Kier alpha value is -0.950. The topological polar surface area (TPSA) is 20.2 Å². The Labute approximate surface area is 178 Å². The van der Waals surface area contributed by atoms with Crippen molar-refractivity contribution >= 4 is 0 Å². The molecule has 0 spiro atoms. The Balaban J connectivity index is 1.93. The van der Waals surface area contributed by atoms with Crippen molar-refractivity contribution in [1.82, 2.24) is 0 Å². The lowest BCUT2D eigenvalue weighted by molar-refractivity contribution is -0.226. The van der Waals surface area contributed by atoms with Gasteiger partial charge >= 0.3 is 0 Å². The summed E-state index contributed by atoms with van der Waals surface area (Å²) in [4.78, 5) is 0. The zero-order valence-electron chi connectivity index (χ0n) is 16.3. The van der Waals surface area contributed by atoms with Gasteiger partial charge in [-0.25, -0.2) is 57.1 Å². The first-order valence-electron chi connectivity index (χ1n) is 10.3. The van der Waals surface area contributed by atoms with E-state index in [1.54, 1.807) is 0 Å². The highest BCUT2D eigenvalue weighted by Gasteiger charge is 2.79. The van der Waals surface area contributed by atoms with Crippen molar-refractivity contribution in [2.75, 3.05) is 0 Å². The fourth-order valence-electron chi connectivity index (χ4n) is 6.65. The molecular formula is C19H19F13O. The van der Waals surface area contributed by atoms with Gasteiger partial charge in [0.2, 0.25) is 0 Å². The molecule has 1 N–H and O–H groups in total. The predicted molar refractivity (Wildman–Crippen MR) is 86.0 cm³/mol. The van der Waals surface area contributed by atoms with Crippen LogP contribution in [0.2, 0.25) is 0 Å². The van der Waals surface area contributed by atoms with Gasteiger partial charge in [-0.1, -0.05) is 0 Å². The molecule has 0 amide bonds. The zero-order chi connectivity index (χ0) is 24.9. The van der Waals surface area contributed by atoms with Crippen LogP contribution in [0.5, 0.6) is 0 Å². The van der Waals surface area contributed by atoms with Crippen molar-refractivity contribution < 1.29 is 62.2 Å². The molecule has 0 aromatic heterocycles. The first-order chi connectivity index (χ1) is 15.2. The quantitative estimate of drug-likeness (QED) is 0.524. The van der Waals surface area contributed by atoms with Crippen molar-refractivity contribution in [2.24, 2.45) is 29.6 Å². The van der Waals surface area contributed by atoms with Crippen molar-refractivity contribution in [3.63, 3.8) is 0 Å². The molecule has 4 saturated carbocycles. The Morgan fingerprint density at radius 1 is 0.303 bits per heavy atom. The minimum atomic E-state index is -3.97. The zero-order valence-corrected chi connectivity index (χ0v) is 16.3. The molecular weight excluding hydrogens is 491 g/mol. The summed E-state index contributed by atoms with van der Waals surface area (Å²) >= 11 is 0. The number of alkyl halides is 13. The highest BCUT2D eigenvalue weighted by molar-refractivity contribution is 5.26. The van der Waals surface area contributed by atoms with Crippen LogP contribution < -0.4 is 0 Å². The van der Waals surface area contributed by atoms with E-state index in [1.165, 1.54) is 0 Å². The van der Waals surface area contributed by atoms with Crippen LogP contribution in [0, 0.1) is 29.6 Å². The summed E-state index contributed by atoms with van der Waals surface area (Å²) in [6.45, 7) is 0. The van der Waals surface area contributed by atoms with E-state index in [4.69, 9.17) is 0 Å². The first kappa shape index (κ1) is 25.2. The SMILES string of the molecule is OC1(C2C(F)C(F)C(F)C(F)C2F)C2C(F)C(F)C(F)C(F)C2C2C(F)C(F)C(F)C(F)C21. The maximum atomic E-state index is 14.9. The van der Waals surface area contributed by atoms with Gasteiger partial charge in [-0.05, 0) is 0 Å². The van der Waals surface area contributed by atoms with Gasteiger partial charge in [-0.15, -0.1) is 0 Å². The third-order valence-corrected chi connectivity index (χ3v) is 8.03. The molecule has 16 unspecified atom stereocenters. The van der Waals surface area contributed by atoms with Crippen LogP contribution in [0.4, 0.5) is 57.1 Å². The molecule has 14 heteroatoms. The number of halogens is 13. The smallest absolute Gasteiger partial charge is 0.168 e. The van der Waals surface area contributed by atoms with Gasteiger partial charge in [0.1, 0.15) is 37.0 Å². The molecule has 0 aromatic carbocycles. The largest absolute Gasteiger partial charge is 0.389 e. The summed E-state index contributed by atoms with van der Waals surface area (Å²) in [5.74, 6) is -14.5. The summed E-state index contributed by atoms with van der Waals surface area (Å²) in [5, 5.41) is 11.2. The van der Waals surface area contributed by atoms with Crippen LogP contribution in [0.1, 0.15) is 0 Å². The molecule has 192 valence electrons. The van der Waals surface area contributed by atoms with E-state index in [0.717, 1.165) is 0 Å². The van der Waals surface area contributed by atoms with Crippen molar-refractivity contribution in [2.45, 2.75) is 85.8 Å². The average Bonchev–Trinajstić information content (AvgIpc) is 3.05. The lowest BCUT2D eigenvalue weighted by Crippen LogP contribution is -2.69. The summed E-state index contributed by atoms with van der Waals surface area (Å²) in [6.07, 6.45) is -44.7. The van der Waals surface area contributed by atoms with Crippen molar-refractivity contribution in [3.8, 4) is 0 Å². The van der Waals surface area contributed by atoms with Gasteiger partial charge in [0.05, 0.1) is 11.5 Å². The average molecular weight is 510 g/mol. The Morgan fingerprint density at radius 3 is 0.818 bits per heavy atom. The van der Waals surface area contributed by atoms with Crippen LogP contribution in [-0.2, 0) is 0 Å². The molecule has 0 aromatic rings. The lowest BCUT2D eigenvalue weighted by Gasteiger charge is -2.52. The summed E-state index contributed by atoms with van der Waals surface area (Å²) in [7, 11) is 0. The van der Waals surface area contributed by atoms with Crippen LogP contribution in [0.15, 0.2) is 0 Å². The number of fused-ring (bicyclic) bond motifs is 3. The molecule has 4 fully saturated rings. The van der Waals surface area contributed by atoms with E-state index in [-0.39, 0.29) is 0 Å². The van der Waals surface area contributed by atoms with Gasteiger partial charge in [-0.2, -0.15) is 0 Å². The highest BCUT2D eigenvalue weighted by atomic mass is 19.2. The molecule has 0 aliphatic heterocycles. The molecule has 0 bridgehead atoms. The number of hydrogen-bond acceptors (Lipinski definition) is 1. The summed E-state index contributed by atoms with van der Waals surface area (Å²) in [5.41, 5.74) is -3.97. The van der Waals surface area contributed by atoms with E-state index >= 15 is 0 Å². The minimum absolute atomic E-state index is 2.67. The normalized spacial score (nSPS) is 66.0. The maximum Gasteiger partial charge on any atom is 0.168 e. The fraction of sp³-hybridized carbons (Fsp3) is 1.00. The fourth-order valence-corrected chi connectivity index (χ4v) is 6.65. The van der Waals surface area contributed by atoms with Gasteiger partial charge in [0.15, 0.2) is 43.2 Å². The number of rotatable bonds is 1. The monoisotopic (exact) mass is 510 g/mol. The molecule has 0 saturated heterocycles. The first-order valence-corrected chi connectivity index (χ1v) is 10.3. The van der Waals surface area contributed by atoms with Crippen molar-refractivity contribution in [3.05, 3.63) is 0 Å². The van der Waals surface area contributed by atoms with Gasteiger partial charge in [-0.3, -0.25) is 0 Å². The Bertz CT molecular complexity index is 690. The second-order valence-corrected chi connectivity index (χ2v) is 9.40. The van der Waals surface area contributed by atoms with E-state index in [1.807, 2.05) is 0 Å². The van der Waals surface area contributed by atoms with Gasteiger partial charge < -0.3 is 5.11 Å². The number of hydrogen-bond donors (Lipinski definition) is 1. The van der Waals surface area contributed by atoms with Crippen molar-refractivity contribution in [1.29, 1.82) is 0 Å². The van der Waals surface area contributed by atoms with Gasteiger partial charge in [0.25, 0.3) is 0 Å². The summed E-state index contributed by atoms with van der Waals surface area (Å²) in [6, 6.07) is 0. The standard InChI is InChI=1S/C19H19F13O/c20-6-1-2-4(9(23)15(29)13(27)7(2)21)19(33,3(1)8(22)14(28)12(6)26)5-10(24)16(30)18(32)17(31)11(5)25/h1-18,33H. The lowest BCUT2D eigenvalue weighted by atomic mass is 9.60.